The number of halogens is 1. The molecule has 0 aromatic carbocycles. The third-order valence-electron chi connectivity index (χ3n) is 3.26. The van der Waals surface area contributed by atoms with E-state index in [0.717, 1.165) is 22.4 Å². The van der Waals surface area contributed by atoms with E-state index in [9.17, 15) is 0 Å². The van der Waals surface area contributed by atoms with Gasteiger partial charge in [-0.25, -0.2) is 4.98 Å². The van der Waals surface area contributed by atoms with Crippen LogP contribution < -0.4 is 4.90 Å². The van der Waals surface area contributed by atoms with E-state index in [0.29, 0.717) is 24.9 Å². The number of aryl methyl sites for hydroxylation is 2. The molecule has 3 heterocycles. The van der Waals surface area contributed by atoms with Crippen molar-refractivity contribution in [2.75, 3.05) is 24.6 Å². The van der Waals surface area contributed by atoms with Gasteiger partial charge in [0.2, 0.25) is 11.7 Å². The van der Waals surface area contributed by atoms with Crippen LogP contribution in [0.3, 0.4) is 0 Å². The lowest BCUT2D eigenvalue weighted by atomic mass is 10.2. The molecule has 2 aromatic heterocycles. The molecule has 0 bridgehead atoms. The third kappa shape index (κ3) is 2.55. The van der Waals surface area contributed by atoms with E-state index in [4.69, 9.17) is 9.26 Å². The number of aromatic nitrogens is 3. The molecule has 20 heavy (non-hydrogen) atoms. The lowest BCUT2D eigenvalue weighted by Crippen LogP contribution is -2.39. The number of hydrogen-bond acceptors (Lipinski definition) is 6. The van der Waals surface area contributed by atoms with E-state index in [1.807, 2.05) is 12.3 Å². The predicted molar refractivity (Wildman–Crippen MR) is 76.6 cm³/mol. The highest BCUT2D eigenvalue weighted by atomic mass is 79.9. The topological polar surface area (TPSA) is 64.3 Å². The minimum atomic E-state index is -0.185. The normalized spacial score (nSPS) is 19.4. The van der Waals surface area contributed by atoms with Gasteiger partial charge in [0.15, 0.2) is 0 Å². The average molecular weight is 339 g/mol. The second-order valence-corrected chi connectivity index (χ2v) is 5.54. The van der Waals surface area contributed by atoms with Crippen molar-refractivity contribution in [3.8, 4) is 0 Å². The highest BCUT2D eigenvalue weighted by molar-refractivity contribution is 9.10. The molecule has 2 aromatic rings. The molecule has 3 rings (SSSR count). The Balaban J connectivity index is 1.83. The highest BCUT2D eigenvalue weighted by Gasteiger charge is 2.27. The van der Waals surface area contributed by atoms with Crippen LogP contribution in [0.1, 0.15) is 23.4 Å². The monoisotopic (exact) mass is 338 g/mol. The zero-order valence-electron chi connectivity index (χ0n) is 11.3. The Morgan fingerprint density at radius 1 is 1.40 bits per heavy atom. The summed E-state index contributed by atoms with van der Waals surface area (Å²) in [7, 11) is 0. The van der Waals surface area contributed by atoms with E-state index in [2.05, 4.69) is 42.9 Å². The summed E-state index contributed by atoms with van der Waals surface area (Å²) in [5.74, 6) is 2.07. The van der Waals surface area contributed by atoms with Gasteiger partial charge < -0.3 is 14.2 Å². The van der Waals surface area contributed by atoms with Crippen LogP contribution in [0.2, 0.25) is 0 Å². The van der Waals surface area contributed by atoms with E-state index in [1.54, 1.807) is 6.92 Å². The van der Waals surface area contributed by atoms with Crippen LogP contribution in [-0.4, -0.2) is 34.8 Å². The van der Waals surface area contributed by atoms with Crippen molar-refractivity contribution < 1.29 is 9.26 Å². The first kappa shape index (κ1) is 13.5. The fourth-order valence-corrected chi connectivity index (χ4v) is 2.68. The summed E-state index contributed by atoms with van der Waals surface area (Å²) in [4.78, 5) is 10.9. The molecule has 1 aliphatic heterocycles. The van der Waals surface area contributed by atoms with Gasteiger partial charge in [0.25, 0.3) is 0 Å². The number of ether oxygens (including phenoxy) is 1. The Bertz CT molecular complexity index is 616. The Morgan fingerprint density at radius 3 is 3.00 bits per heavy atom. The lowest BCUT2D eigenvalue weighted by molar-refractivity contribution is 0.0323. The summed E-state index contributed by atoms with van der Waals surface area (Å²) in [6, 6.07) is 1.98. The molecule has 0 saturated carbocycles. The largest absolute Gasteiger partial charge is 0.366 e. The summed E-state index contributed by atoms with van der Waals surface area (Å²) >= 11 is 3.60. The molecule has 1 aliphatic rings. The second kappa shape index (κ2) is 5.49. The SMILES string of the molecule is Cc1nc(C2CN(c3nccc(C)c3Br)CCO2)no1. The summed E-state index contributed by atoms with van der Waals surface area (Å²) in [5.41, 5.74) is 1.16. The summed E-state index contributed by atoms with van der Waals surface area (Å²) < 4.78 is 11.8. The van der Waals surface area contributed by atoms with Crippen molar-refractivity contribution in [2.24, 2.45) is 0 Å². The van der Waals surface area contributed by atoms with Gasteiger partial charge in [-0.3, -0.25) is 0 Å². The quantitative estimate of drug-likeness (QED) is 0.837. The lowest BCUT2D eigenvalue weighted by Gasteiger charge is -2.33. The van der Waals surface area contributed by atoms with Crippen LogP contribution in [0, 0.1) is 13.8 Å². The summed E-state index contributed by atoms with van der Waals surface area (Å²) in [6.07, 6.45) is 1.63. The Labute approximate surface area is 125 Å². The van der Waals surface area contributed by atoms with E-state index < -0.39 is 0 Å². The smallest absolute Gasteiger partial charge is 0.223 e. The zero-order valence-corrected chi connectivity index (χ0v) is 12.9. The van der Waals surface area contributed by atoms with Crippen molar-refractivity contribution in [1.29, 1.82) is 0 Å². The molecular formula is C13H15BrN4O2. The fraction of sp³-hybridized carbons (Fsp3) is 0.462. The van der Waals surface area contributed by atoms with Crippen molar-refractivity contribution in [2.45, 2.75) is 20.0 Å². The van der Waals surface area contributed by atoms with Crippen molar-refractivity contribution >= 4 is 21.7 Å². The fourth-order valence-electron chi connectivity index (χ4n) is 2.19. The van der Waals surface area contributed by atoms with Gasteiger partial charge in [-0.2, -0.15) is 4.98 Å². The maximum Gasteiger partial charge on any atom is 0.223 e. The molecule has 1 fully saturated rings. The molecule has 0 N–H and O–H groups in total. The van der Waals surface area contributed by atoms with Crippen molar-refractivity contribution in [1.82, 2.24) is 15.1 Å². The van der Waals surface area contributed by atoms with Gasteiger partial charge in [0.05, 0.1) is 17.6 Å². The number of nitrogens with zero attached hydrogens (tertiary/aromatic N) is 4. The zero-order chi connectivity index (χ0) is 14.1. The first-order valence-electron chi connectivity index (χ1n) is 6.43. The molecular weight excluding hydrogens is 324 g/mol. The summed E-state index contributed by atoms with van der Waals surface area (Å²) in [6.45, 7) is 5.89. The number of morpholine rings is 1. The Morgan fingerprint density at radius 2 is 2.25 bits per heavy atom. The Hall–Kier alpha value is -1.47. The molecule has 7 heteroatoms. The van der Waals surface area contributed by atoms with Crippen molar-refractivity contribution in [3.05, 3.63) is 34.0 Å². The minimum absolute atomic E-state index is 0.185. The second-order valence-electron chi connectivity index (χ2n) is 4.74. The van der Waals surface area contributed by atoms with Gasteiger partial charge >= 0.3 is 0 Å². The first-order valence-corrected chi connectivity index (χ1v) is 7.22. The van der Waals surface area contributed by atoms with E-state index >= 15 is 0 Å². The number of hydrogen-bond donors (Lipinski definition) is 0. The van der Waals surface area contributed by atoms with Gasteiger partial charge in [-0.05, 0) is 34.5 Å². The molecule has 106 valence electrons. The van der Waals surface area contributed by atoms with Gasteiger partial charge in [0.1, 0.15) is 11.9 Å². The molecule has 6 nitrogen and oxygen atoms in total. The number of pyridine rings is 1. The van der Waals surface area contributed by atoms with Gasteiger partial charge in [0, 0.05) is 19.7 Å². The van der Waals surface area contributed by atoms with Crippen LogP contribution in [0.4, 0.5) is 5.82 Å². The maximum atomic E-state index is 5.73. The molecule has 1 saturated heterocycles. The van der Waals surface area contributed by atoms with E-state index in [-0.39, 0.29) is 6.10 Å². The Kier molecular flexibility index (Phi) is 3.71. The third-order valence-corrected chi connectivity index (χ3v) is 4.24. The molecule has 1 unspecified atom stereocenters. The maximum absolute atomic E-state index is 5.73. The van der Waals surface area contributed by atoms with Crippen LogP contribution in [-0.2, 0) is 4.74 Å². The van der Waals surface area contributed by atoms with Crippen LogP contribution in [0.5, 0.6) is 0 Å². The highest BCUT2D eigenvalue weighted by Crippen LogP contribution is 2.30. The van der Waals surface area contributed by atoms with Gasteiger partial charge in [-0.15, -0.1) is 0 Å². The molecule has 0 aliphatic carbocycles. The minimum Gasteiger partial charge on any atom is -0.366 e. The molecule has 0 radical (unpaired) electrons. The van der Waals surface area contributed by atoms with Crippen LogP contribution in [0.25, 0.3) is 0 Å². The standard InChI is InChI=1S/C13H15BrN4O2/c1-8-3-4-15-13(11(8)14)18-5-6-19-10(7-18)12-16-9(2)20-17-12/h3-4,10H,5-7H2,1-2H3. The van der Waals surface area contributed by atoms with Gasteiger partial charge in [-0.1, -0.05) is 5.16 Å². The predicted octanol–water partition coefficient (Wildman–Crippen LogP) is 2.42. The molecule has 0 amide bonds. The first-order chi connectivity index (χ1) is 9.65. The average Bonchev–Trinajstić information content (AvgIpc) is 2.89. The van der Waals surface area contributed by atoms with E-state index in [1.165, 1.54) is 0 Å². The van der Waals surface area contributed by atoms with Crippen molar-refractivity contribution in [3.63, 3.8) is 0 Å². The van der Waals surface area contributed by atoms with Crippen LogP contribution in [0.15, 0.2) is 21.3 Å². The molecule has 1 atom stereocenters. The number of rotatable bonds is 2. The molecule has 0 spiro atoms. The van der Waals surface area contributed by atoms with Crippen LogP contribution >= 0.6 is 15.9 Å². The number of anilines is 1. The summed E-state index contributed by atoms with van der Waals surface area (Å²) in [5, 5.41) is 3.94.